The number of ether oxygens (including phenoxy) is 3. The first kappa shape index (κ1) is 19.1. The average molecular weight is 344 g/mol. The van der Waals surface area contributed by atoms with Gasteiger partial charge in [-0.2, -0.15) is 0 Å². The van der Waals surface area contributed by atoms with E-state index >= 15 is 0 Å². The highest BCUT2D eigenvalue weighted by Gasteiger charge is 2.44. The van der Waals surface area contributed by atoms with Crippen LogP contribution in [0.1, 0.15) is 18.6 Å². The maximum Gasteiger partial charge on any atom is 0.187 e. The van der Waals surface area contributed by atoms with E-state index in [1.54, 1.807) is 31.2 Å². The summed E-state index contributed by atoms with van der Waals surface area (Å²) in [4.78, 5) is 0. The van der Waals surface area contributed by atoms with Crippen LogP contribution in [0.3, 0.4) is 0 Å². The Hall–Kier alpha value is -1.26. The summed E-state index contributed by atoms with van der Waals surface area (Å²) in [5.74, 6) is 0.647. The molecule has 0 aliphatic carbocycles. The second-order valence-electron chi connectivity index (χ2n) is 5.76. The molecule has 1 aliphatic rings. The van der Waals surface area contributed by atoms with E-state index in [1.807, 2.05) is 0 Å². The van der Waals surface area contributed by atoms with Gasteiger partial charge in [-0.15, -0.1) is 0 Å². The lowest BCUT2D eigenvalue weighted by Crippen LogP contribution is -2.59. The molecule has 7 atom stereocenters. The first-order valence-corrected chi connectivity index (χ1v) is 7.67. The Morgan fingerprint density at radius 1 is 1.08 bits per heavy atom. The number of benzene rings is 1. The summed E-state index contributed by atoms with van der Waals surface area (Å²) < 4.78 is 15.8. The summed E-state index contributed by atoms with van der Waals surface area (Å²) in [5, 5.41) is 48.9. The summed E-state index contributed by atoms with van der Waals surface area (Å²) in [6, 6.07) is 6.74. The van der Waals surface area contributed by atoms with Crippen molar-refractivity contribution in [2.45, 2.75) is 49.8 Å². The number of hydrogen-bond donors (Lipinski definition) is 5. The summed E-state index contributed by atoms with van der Waals surface area (Å²) in [7, 11) is 1.54. The second-order valence-corrected chi connectivity index (χ2v) is 5.76. The summed E-state index contributed by atoms with van der Waals surface area (Å²) in [6.07, 6.45) is -8.61. The van der Waals surface area contributed by atoms with Crippen molar-refractivity contribution in [2.75, 3.05) is 13.7 Å². The molecule has 5 N–H and O–H groups in total. The van der Waals surface area contributed by atoms with Crippen LogP contribution in [0.2, 0.25) is 0 Å². The molecule has 8 nitrogen and oxygen atoms in total. The smallest absolute Gasteiger partial charge is 0.187 e. The molecule has 1 aromatic carbocycles. The van der Waals surface area contributed by atoms with Gasteiger partial charge >= 0.3 is 0 Å². The number of aliphatic hydroxyl groups is 5. The molecule has 0 amide bonds. The fraction of sp³-hybridized carbons (Fsp3) is 0.625. The first-order valence-electron chi connectivity index (χ1n) is 7.67. The van der Waals surface area contributed by atoms with Crippen LogP contribution in [-0.2, 0) is 9.47 Å². The lowest BCUT2D eigenvalue weighted by atomic mass is 9.99. The number of methoxy groups -OCH3 is 1. The van der Waals surface area contributed by atoms with Crippen LogP contribution in [0.15, 0.2) is 24.3 Å². The van der Waals surface area contributed by atoms with E-state index < -0.39 is 49.5 Å². The summed E-state index contributed by atoms with van der Waals surface area (Å²) in [6.45, 7) is 1.04. The van der Waals surface area contributed by atoms with E-state index in [0.29, 0.717) is 11.3 Å². The molecule has 8 heteroatoms. The Kier molecular flexibility index (Phi) is 6.53. The largest absolute Gasteiger partial charge is 0.497 e. The zero-order chi connectivity index (χ0) is 17.9. The van der Waals surface area contributed by atoms with Gasteiger partial charge in [-0.3, -0.25) is 0 Å². The van der Waals surface area contributed by atoms with Crippen molar-refractivity contribution >= 4 is 0 Å². The van der Waals surface area contributed by atoms with Crippen LogP contribution in [0.4, 0.5) is 0 Å². The minimum absolute atomic E-state index is 0.541. The third kappa shape index (κ3) is 4.04. The van der Waals surface area contributed by atoms with Crippen molar-refractivity contribution in [2.24, 2.45) is 0 Å². The molecule has 1 aliphatic heterocycles. The van der Waals surface area contributed by atoms with Gasteiger partial charge < -0.3 is 39.7 Å². The molecule has 1 heterocycles. The highest BCUT2D eigenvalue weighted by Crippen LogP contribution is 2.27. The van der Waals surface area contributed by atoms with Crippen LogP contribution in [-0.4, -0.2) is 76.1 Å². The number of hydrogen-bond acceptors (Lipinski definition) is 8. The van der Waals surface area contributed by atoms with Gasteiger partial charge in [0.1, 0.15) is 36.3 Å². The monoisotopic (exact) mass is 344 g/mol. The molecule has 24 heavy (non-hydrogen) atoms. The Morgan fingerprint density at radius 3 is 2.25 bits per heavy atom. The predicted molar refractivity (Wildman–Crippen MR) is 82.3 cm³/mol. The van der Waals surface area contributed by atoms with Crippen LogP contribution in [0.25, 0.3) is 0 Å². The van der Waals surface area contributed by atoms with E-state index in [-0.39, 0.29) is 0 Å². The second kappa shape index (κ2) is 8.21. The summed E-state index contributed by atoms with van der Waals surface area (Å²) >= 11 is 0. The van der Waals surface area contributed by atoms with Gasteiger partial charge in [-0.1, -0.05) is 12.1 Å². The molecular weight excluding hydrogens is 320 g/mol. The minimum Gasteiger partial charge on any atom is -0.497 e. The topological polar surface area (TPSA) is 129 Å². The van der Waals surface area contributed by atoms with Gasteiger partial charge in [0.2, 0.25) is 0 Å². The molecule has 1 fully saturated rings. The molecule has 0 bridgehead atoms. The zero-order valence-corrected chi connectivity index (χ0v) is 13.5. The minimum atomic E-state index is -1.52. The van der Waals surface area contributed by atoms with Crippen LogP contribution < -0.4 is 4.74 Å². The third-order valence-electron chi connectivity index (χ3n) is 4.10. The van der Waals surface area contributed by atoms with Crippen molar-refractivity contribution in [3.63, 3.8) is 0 Å². The van der Waals surface area contributed by atoms with Crippen molar-refractivity contribution in [3.05, 3.63) is 29.8 Å². The molecule has 0 unspecified atom stereocenters. The van der Waals surface area contributed by atoms with Gasteiger partial charge in [-0.25, -0.2) is 0 Å². The molecule has 1 saturated heterocycles. The third-order valence-corrected chi connectivity index (χ3v) is 4.10. The fourth-order valence-corrected chi connectivity index (χ4v) is 2.54. The summed E-state index contributed by atoms with van der Waals surface area (Å²) in [5.41, 5.74) is 0.577. The highest BCUT2D eigenvalue weighted by atomic mass is 16.7. The maximum atomic E-state index is 10.3. The van der Waals surface area contributed by atoms with E-state index in [1.165, 1.54) is 7.11 Å². The molecule has 2 rings (SSSR count). The lowest BCUT2D eigenvalue weighted by molar-refractivity contribution is -0.315. The van der Waals surface area contributed by atoms with Crippen LogP contribution in [0, 0.1) is 0 Å². The molecule has 0 saturated carbocycles. The predicted octanol–water partition coefficient (Wildman–Crippen LogP) is -1.07. The quantitative estimate of drug-likeness (QED) is 0.441. The van der Waals surface area contributed by atoms with Gasteiger partial charge in [0.25, 0.3) is 0 Å². The zero-order valence-electron chi connectivity index (χ0n) is 13.5. The SMILES string of the molecule is COc1ccc([C@H](O)[C@H](C)O[C@H]2O[C@@H](CO)[C@@H](O)[C@@H](O)[C@@H]2O)cc1. The standard InChI is InChI=1S/C16H24O8/c1-8(12(18)9-3-5-10(22-2)6-4-9)23-16-15(21)14(20)13(19)11(7-17)24-16/h3-6,8,11-21H,7H2,1-2H3/t8-,11-,12+,13+,14+,15-,16-/m0/s1. The lowest BCUT2D eigenvalue weighted by Gasteiger charge is -2.41. The number of aliphatic hydroxyl groups excluding tert-OH is 5. The average Bonchev–Trinajstić information content (AvgIpc) is 2.61. The molecule has 136 valence electrons. The fourth-order valence-electron chi connectivity index (χ4n) is 2.54. The van der Waals surface area contributed by atoms with E-state index in [4.69, 9.17) is 19.3 Å². The van der Waals surface area contributed by atoms with Gasteiger partial charge in [-0.05, 0) is 24.6 Å². The Bertz CT molecular complexity index is 505. The van der Waals surface area contributed by atoms with E-state index in [2.05, 4.69) is 0 Å². The van der Waals surface area contributed by atoms with E-state index in [9.17, 15) is 20.4 Å². The molecule has 0 radical (unpaired) electrons. The van der Waals surface area contributed by atoms with Crippen LogP contribution >= 0.6 is 0 Å². The Labute approximate surface area is 139 Å². The van der Waals surface area contributed by atoms with Gasteiger partial charge in [0.05, 0.1) is 19.8 Å². The normalized spacial score (nSPS) is 33.0. The van der Waals surface area contributed by atoms with Gasteiger partial charge in [0.15, 0.2) is 6.29 Å². The molecular formula is C16H24O8. The first-order chi connectivity index (χ1) is 11.4. The Balaban J connectivity index is 2.02. The van der Waals surface area contributed by atoms with Crippen molar-refractivity contribution in [1.29, 1.82) is 0 Å². The van der Waals surface area contributed by atoms with E-state index in [0.717, 1.165) is 0 Å². The van der Waals surface area contributed by atoms with Crippen molar-refractivity contribution in [3.8, 4) is 5.75 Å². The number of rotatable bonds is 6. The van der Waals surface area contributed by atoms with Crippen molar-refractivity contribution in [1.82, 2.24) is 0 Å². The molecule has 1 aromatic rings. The van der Waals surface area contributed by atoms with Gasteiger partial charge in [0, 0.05) is 0 Å². The maximum absolute atomic E-state index is 10.3. The van der Waals surface area contributed by atoms with Crippen LogP contribution in [0.5, 0.6) is 5.75 Å². The Morgan fingerprint density at radius 2 is 1.71 bits per heavy atom. The van der Waals surface area contributed by atoms with Crippen molar-refractivity contribution < 1.29 is 39.7 Å². The molecule has 0 aromatic heterocycles. The highest BCUT2D eigenvalue weighted by molar-refractivity contribution is 5.28. The molecule has 0 spiro atoms.